The van der Waals surface area contributed by atoms with E-state index in [0.717, 1.165) is 0 Å². The minimum absolute atomic E-state index is 0.0121. The number of rotatable bonds is 4. The van der Waals surface area contributed by atoms with Gasteiger partial charge in [0.15, 0.2) is 6.23 Å². The fraction of sp³-hybridized carbons (Fsp3) is 0.692. The lowest BCUT2D eigenvalue weighted by atomic mass is 9.81. The van der Waals surface area contributed by atoms with Crippen LogP contribution in [0.3, 0.4) is 0 Å². The molecule has 21 heavy (non-hydrogen) atoms. The van der Waals surface area contributed by atoms with Crippen LogP contribution in [0.4, 0.5) is 0 Å². The number of carbonyl (C=O) groups excluding carboxylic acids is 2. The van der Waals surface area contributed by atoms with E-state index in [0.29, 0.717) is 6.61 Å². The van der Waals surface area contributed by atoms with Crippen molar-refractivity contribution in [3.8, 4) is 0 Å². The maximum Gasteiger partial charge on any atom is 0.377 e. The normalized spacial score (nSPS) is 28.4. The third-order valence-corrected chi connectivity index (χ3v) is 3.85. The Morgan fingerprint density at radius 3 is 2.90 bits per heavy atom. The minimum atomic E-state index is -0.595. The molecule has 2 heterocycles. The third-order valence-electron chi connectivity index (χ3n) is 3.85. The van der Waals surface area contributed by atoms with Gasteiger partial charge in [0, 0.05) is 18.3 Å². The summed E-state index contributed by atoms with van der Waals surface area (Å²) < 4.78 is 16.9. The Morgan fingerprint density at radius 2 is 2.29 bits per heavy atom. The fourth-order valence-electron chi connectivity index (χ4n) is 2.22. The van der Waals surface area contributed by atoms with Crippen LogP contribution >= 0.6 is 0 Å². The van der Waals surface area contributed by atoms with Gasteiger partial charge in [0.2, 0.25) is 0 Å². The first kappa shape index (κ1) is 15.4. The Morgan fingerprint density at radius 1 is 1.57 bits per heavy atom. The molecule has 3 atom stereocenters. The zero-order valence-electron chi connectivity index (χ0n) is 12.5. The van der Waals surface area contributed by atoms with Crippen molar-refractivity contribution in [2.45, 2.75) is 27.0 Å². The van der Waals surface area contributed by atoms with E-state index in [1.54, 1.807) is 0 Å². The summed E-state index contributed by atoms with van der Waals surface area (Å²) in [6.07, 6.45) is 1.07. The van der Waals surface area contributed by atoms with Gasteiger partial charge in [0.1, 0.15) is 6.33 Å². The molecule has 8 heteroatoms. The number of hydrogen-bond donors (Lipinski definition) is 0. The average Bonchev–Trinajstić information content (AvgIpc) is 3.03. The second kappa shape index (κ2) is 5.80. The van der Waals surface area contributed by atoms with Gasteiger partial charge in [-0.25, -0.2) is 14.5 Å². The molecule has 1 aliphatic heterocycles. The zero-order valence-corrected chi connectivity index (χ0v) is 12.5. The van der Waals surface area contributed by atoms with Gasteiger partial charge in [-0.15, -0.1) is 5.10 Å². The van der Waals surface area contributed by atoms with Gasteiger partial charge in [-0.2, -0.15) is 0 Å². The standard InChI is InChI=1S/C13H19N3O5/c1-8-11(16-7-14-10(15-16)12(18)19-4)21-6-13(8,3)5-20-9(2)17/h7-8,11H,5-6H2,1-4H3/t8-,11+,13-/m1/s1. The van der Waals surface area contributed by atoms with Crippen molar-refractivity contribution >= 4 is 11.9 Å². The largest absolute Gasteiger partial charge is 0.465 e. The van der Waals surface area contributed by atoms with E-state index in [1.165, 1.54) is 25.0 Å². The molecule has 8 nitrogen and oxygen atoms in total. The first-order chi connectivity index (χ1) is 9.87. The summed E-state index contributed by atoms with van der Waals surface area (Å²) in [6.45, 7) is 6.05. The van der Waals surface area contributed by atoms with Crippen LogP contribution in [-0.4, -0.2) is 47.0 Å². The first-order valence-corrected chi connectivity index (χ1v) is 6.62. The number of hydrogen-bond acceptors (Lipinski definition) is 7. The second-order valence-electron chi connectivity index (χ2n) is 5.46. The monoisotopic (exact) mass is 297 g/mol. The number of esters is 2. The number of methoxy groups -OCH3 is 1. The highest BCUT2D eigenvalue weighted by atomic mass is 16.5. The van der Waals surface area contributed by atoms with E-state index in [2.05, 4.69) is 14.8 Å². The zero-order chi connectivity index (χ0) is 15.6. The molecule has 1 fully saturated rings. The van der Waals surface area contributed by atoms with Crippen LogP contribution < -0.4 is 0 Å². The molecule has 0 bridgehead atoms. The van der Waals surface area contributed by atoms with Gasteiger partial charge in [0.05, 0.1) is 20.3 Å². The average molecular weight is 297 g/mol. The van der Waals surface area contributed by atoms with Gasteiger partial charge in [-0.3, -0.25) is 4.79 Å². The van der Waals surface area contributed by atoms with Crippen molar-refractivity contribution in [1.82, 2.24) is 14.8 Å². The van der Waals surface area contributed by atoms with E-state index < -0.39 is 5.97 Å². The van der Waals surface area contributed by atoms with E-state index in [9.17, 15) is 9.59 Å². The summed E-state index contributed by atoms with van der Waals surface area (Å²) in [5.74, 6) is -0.895. The number of ether oxygens (including phenoxy) is 3. The molecule has 0 radical (unpaired) electrons. The van der Waals surface area contributed by atoms with Crippen LogP contribution in [0.25, 0.3) is 0 Å². The maximum atomic E-state index is 11.4. The van der Waals surface area contributed by atoms with Crippen LogP contribution in [0.1, 0.15) is 37.6 Å². The van der Waals surface area contributed by atoms with E-state index in [-0.39, 0.29) is 36.0 Å². The van der Waals surface area contributed by atoms with Gasteiger partial charge in [-0.05, 0) is 0 Å². The van der Waals surface area contributed by atoms with Crippen molar-refractivity contribution in [3.63, 3.8) is 0 Å². The number of aromatic nitrogens is 3. The highest BCUT2D eigenvalue weighted by Gasteiger charge is 2.46. The molecule has 0 spiro atoms. The summed E-state index contributed by atoms with van der Waals surface area (Å²) in [5, 5.41) is 4.07. The van der Waals surface area contributed by atoms with Crippen molar-refractivity contribution in [2.24, 2.45) is 11.3 Å². The number of nitrogens with zero attached hydrogens (tertiary/aromatic N) is 3. The highest BCUT2D eigenvalue weighted by Crippen LogP contribution is 2.43. The van der Waals surface area contributed by atoms with Crippen LogP contribution in [0.15, 0.2) is 6.33 Å². The van der Waals surface area contributed by atoms with Gasteiger partial charge < -0.3 is 14.2 Å². The summed E-state index contributed by atoms with van der Waals surface area (Å²) >= 11 is 0. The maximum absolute atomic E-state index is 11.4. The molecular formula is C13H19N3O5. The molecule has 0 amide bonds. The van der Waals surface area contributed by atoms with E-state index >= 15 is 0 Å². The molecule has 0 aromatic carbocycles. The predicted molar refractivity (Wildman–Crippen MR) is 70.3 cm³/mol. The molecule has 1 aromatic heterocycles. The summed E-state index contributed by atoms with van der Waals surface area (Å²) in [5.41, 5.74) is -0.312. The Bertz CT molecular complexity index is 544. The predicted octanol–water partition coefficient (Wildman–Crippen LogP) is 0.799. The Balaban J connectivity index is 2.10. The highest BCUT2D eigenvalue weighted by molar-refractivity contribution is 5.84. The summed E-state index contributed by atoms with van der Waals surface area (Å²) in [6, 6.07) is 0. The Labute approximate surface area is 122 Å². The van der Waals surface area contributed by atoms with Crippen LogP contribution in [-0.2, 0) is 19.0 Å². The molecule has 1 aliphatic rings. The van der Waals surface area contributed by atoms with Crippen LogP contribution in [0, 0.1) is 11.3 Å². The SMILES string of the molecule is COC(=O)c1ncn([C@H]2OC[C@@](C)(COC(C)=O)[C@@H]2C)n1. The smallest absolute Gasteiger partial charge is 0.377 e. The molecule has 0 N–H and O–H groups in total. The van der Waals surface area contributed by atoms with Crippen molar-refractivity contribution in [2.75, 3.05) is 20.3 Å². The topological polar surface area (TPSA) is 92.5 Å². The first-order valence-electron chi connectivity index (χ1n) is 6.62. The summed E-state index contributed by atoms with van der Waals surface area (Å²) in [7, 11) is 1.27. The molecule has 1 saturated heterocycles. The van der Waals surface area contributed by atoms with Crippen molar-refractivity contribution < 1.29 is 23.8 Å². The van der Waals surface area contributed by atoms with E-state index in [1.807, 2.05) is 13.8 Å². The number of carbonyl (C=O) groups is 2. The summed E-state index contributed by atoms with van der Waals surface area (Å²) in [4.78, 5) is 26.2. The van der Waals surface area contributed by atoms with Gasteiger partial charge >= 0.3 is 11.9 Å². The Kier molecular flexibility index (Phi) is 4.26. The van der Waals surface area contributed by atoms with Crippen molar-refractivity contribution in [3.05, 3.63) is 12.2 Å². The lowest BCUT2D eigenvalue weighted by molar-refractivity contribution is -0.144. The lowest BCUT2D eigenvalue weighted by Gasteiger charge is -2.27. The molecule has 0 aliphatic carbocycles. The lowest BCUT2D eigenvalue weighted by Crippen LogP contribution is -2.32. The van der Waals surface area contributed by atoms with Crippen LogP contribution in [0.5, 0.6) is 0 Å². The Hall–Kier alpha value is -1.96. The molecule has 116 valence electrons. The third kappa shape index (κ3) is 3.05. The molecule has 0 saturated carbocycles. The minimum Gasteiger partial charge on any atom is -0.465 e. The molecule has 0 unspecified atom stereocenters. The fourth-order valence-corrected chi connectivity index (χ4v) is 2.22. The molecule has 1 aromatic rings. The van der Waals surface area contributed by atoms with Crippen LogP contribution in [0.2, 0.25) is 0 Å². The van der Waals surface area contributed by atoms with Gasteiger partial charge in [-0.1, -0.05) is 13.8 Å². The molecular weight excluding hydrogens is 278 g/mol. The van der Waals surface area contributed by atoms with Crippen molar-refractivity contribution in [1.29, 1.82) is 0 Å². The van der Waals surface area contributed by atoms with Gasteiger partial charge in [0.25, 0.3) is 5.82 Å². The molecule has 2 rings (SSSR count). The second-order valence-corrected chi connectivity index (χ2v) is 5.46. The van der Waals surface area contributed by atoms with E-state index in [4.69, 9.17) is 9.47 Å². The quantitative estimate of drug-likeness (QED) is 0.759.